The minimum absolute atomic E-state index is 0.0825. The van der Waals surface area contributed by atoms with Crippen molar-refractivity contribution in [1.29, 1.82) is 0 Å². The van der Waals surface area contributed by atoms with Crippen molar-refractivity contribution in [1.82, 2.24) is 4.31 Å². The smallest absolute Gasteiger partial charge is 0.243 e. The molecule has 32 heavy (non-hydrogen) atoms. The molecule has 0 saturated carbocycles. The molecule has 0 saturated heterocycles. The van der Waals surface area contributed by atoms with E-state index >= 15 is 0 Å². The molecule has 168 valence electrons. The van der Waals surface area contributed by atoms with E-state index in [1.807, 2.05) is 63.2 Å². The van der Waals surface area contributed by atoms with Crippen molar-refractivity contribution in [3.8, 4) is 0 Å². The molecule has 1 amide bonds. The number of nitrogens with zero attached hydrogens (tertiary/aromatic N) is 2. The van der Waals surface area contributed by atoms with E-state index in [1.54, 1.807) is 7.05 Å². The third-order valence-electron chi connectivity index (χ3n) is 5.46. The van der Waals surface area contributed by atoms with Gasteiger partial charge in [-0.05, 0) is 73.9 Å². The summed E-state index contributed by atoms with van der Waals surface area (Å²) in [7, 11) is -2.27. The Morgan fingerprint density at radius 1 is 0.906 bits per heavy atom. The standard InChI is InChI=1S/C25H27ClN2O3S/c1-18-6-5-7-21(14-18)16-28(32(30,31)24-12-9-22(26)10-13-24)17-25(29)27(4)23-11-8-19(2)20(3)15-23/h5-15H,16-17H2,1-4H3. The highest BCUT2D eigenvalue weighted by atomic mass is 35.5. The summed E-state index contributed by atoms with van der Waals surface area (Å²) in [5.74, 6) is -0.321. The van der Waals surface area contributed by atoms with Crippen molar-refractivity contribution < 1.29 is 13.2 Å². The molecule has 0 aliphatic carbocycles. The van der Waals surface area contributed by atoms with E-state index in [0.29, 0.717) is 5.02 Å². The molecular weight excluding hydrogens is 444 g/mol. The SMILES string of the molecule is Cc1cccc(CN(CC(=O)N(C)c2ccc(C)c(C)c2)S(=O)(=O)c2ccc(Cl)cc2)c1. The maximum atomic E-state index is 13.4. The zero-order valence-electron chi connectivity index (χ0n) is 18.7. The molecule has 0 heterocycles. The molecule has 0 aliphatic heterocycles. The van der Waals surface area contributed by atoms with Gasteiger partial charge in [0.2, 0.25) is 15.9 Å². The average molecular weight is 471 g/mol. The van der Waals surface area contributed by atoms with Crippen LogP contribution in [0.15, 0.2) is 71.6 Å². The van der Waals surface area contributed by atoms with Crippen LogP contribution in [0.1, 0.15) is 22.3 Å². The highest BCUT2D eigenvalue weighted by molar-refractivity contribution is 7.89. The highest BCUT2D eigenvalue weighted by Crippen LogP contribution is 2.23. The Labute approximate surface area is 195 Å². The normalized spacial score (nSPS) is 11.6. The lowest BCUT2D eigenvalue weighted by molar-refractivity contribution is -0.118. The first-order valence-electron chi connectivity index (χ1n) is 10.2. The second kappa shape index (κ2) is 9.86. The minimum atomic E-state index is -3.93. The summed E-state index contributed by atoms with van der Waals surface area (Å²) >= 11 is 5.94. The van der Waals surface area contributed by atoms with E-state index in [4.69, 9.17) is 11.6 Å². The van der Waals surface area contributed by atoms with Gasteiger partial charge in [0.1, 0.15) is 0 Å². The Hall–Kier alpha value is -2.67. The van der Waals surface area contributed by atoms with Gasteiger partial charge in [-0.25, -0.2) is 8.42 Å². The molecule has 0 N–H and O–H groups in total. The van der Waals surface area contributed by atoms with Gasteiger partial charge < -0.3 is 4.90 Å². The van der Waals surface area contributed by atoms with Crippen molar-refractivity contribution in [2.24, 2.45) is 0 Å². The number of anilines is 1. The Bertz CT molecular complexity index is 1220. The van der Waals surface area contributed by atoms with Crippen molar-refractivity contribution in [3.63, 3.8) is 0 Å². The zero-order chi connectivity index (χ0) is 23.5. The van der Waals surface area contributed by atoms with Crippen LogP contribution in [0.3, 0.4) is 0 Å². The van der Waals surface area contributed by atoms with Crippen LogP contribution in [-0.4, -0.2) is 32.2 Å². The summed E-state index contributed by atoms with van der Waals surface area (Å²) in [6, 6.07) is 19.3. The van der Waals surface area contributed by atoms with Gasteiger partial charge in [0.15, 0.2) is 0 Å². The molecule has 0 aromatic heterocycles. The molecule has 7 heteroatoms. The van der Waals surface area contributed by atoms with E-state index < -0.39 is 10.0 Å². The number of carbonyl (C=O) groups excluding carboxylic acids is 1. The number of aryl methyl sites for hydroxylation is 3. The lowest BCUT2D eigenvalue weighted by atomic mass is 10.1. The molecule has 0 spiro atoms. The summed E-state index contributed by atoms with van der Waals surface area (Å²) in [5, 5.41) is 0.444. The third kappa shape index (κ3) is 5.57. The van der Waals surface area contributed by atoms with Gasteiger partial charge in [-0.15, -0.1) is 0 Å². The second-order valence-electron chi connectivity index (χ2n) is 7.94. The predicted molar refractivity (Wildman–Crippen MR) is 130 cm³/mol. The van der Waals surface area contributed by atoms with Gasteiger partial charge in [0.25, 0.3) is 0 Å². The van der Waals surface area contributed by atoms with Crippen LogP contribution in [0.4, 0.5) is 5.69 Å². The Kier molecular flexibility index (Phi) is 7.39. The van der Waals surface area contributed by atoms with Gasteiger partial charge in [-0.3, -0.25) is 4.79 Å². The maximum Gasteiger partial charge on any atom is 0.243 e. The van der Waals surface area contributed by atoms with Crippen molar-refractivity contribution in [2.45, 2.75) is 32.2 Å². The summed E-state index contributed by atoms with van der Waals surface area (Å²) in [4.78, 5) is 14.7. The van der Waals surface area contributed by atoms with E-state index in [0.717, 1.165) is 27.9 Å². The number of rotatable bonds is 7. The Morgan fingerprint density at radius 3 is 2.22 bits per heavy atom. The average Bonchev–Trinajstić information content (AvgIpc) is 2.75. The van der Waals surface area contributed by atoms with E-state index in [1.165, 1.54) is 33.5 Å². The van der Waals surface area contributed by atoms with Crippen LogP contribution < -0.4 is 4.90 Å². The number of carbonyl (C=O) groups is 1. The zero-order valence-corrected chi connectivity index (χ0v) is 20.2. The summed E-state index contributed by atoms with van der Waals surface area (Å²) in [6.07, 6.45) is 0. The number of amides is 1. The largest absolute Gasteiger partial charge is 0.314 e. The molecule has 5 nitrogen and oxygen atoms in total. The number of halogens is 1. The molecule has 3 aromatic carbocycles. The fraction of sp³-hybridized carbons (Fsp3) is 0.240. The molecular formula is C25H27ClN2O3S. The topological polar surface area (TPSA) is 57.7 Å². The van der Waals surface area contributed by atoms with Gasteiger partial charge in [0, 0.05) is 24.3 Å². The van der Waals surface area contributed by atoms with Gasteiger partial charge in [0.05, 0.1) is 11.4 Å². The lowest BCUT2D eigenvalue weighted by Crippen LogP contribution is -2.41. The van der Waals surface area contributed by atoms with E-state index in [2.05, 4.69) is 0 Å². The number of sulfonamides is 1. The van der Waals surface area contributed by atoms with Crippen LogP contribution in [0.5, 0.6) is 0 Å². The van der Waals surface area contributed by atoms with Crippen molar-refractivity contribution in [3.05, 3.63) is 94.0 Å². The molecule has 0 unspecified atom stereocenters. The van der Waals surface area contributed by atoms with E-state index in [9.17, 15) is 13.2 Å². The monoisotopic (exact) mass is 470 g/mol. The molecule has 0 radical (unpaired) electrons. The second-order valence-corrected chi connectivity index (χ2v) is 10.3. The number of likely N-dealkylation sites (N-methyl/N-ethyl adjacent to an activating group) is 1. The molecule has 0 fully saturated rings. The summed E-state index contributed by atoms with van der Waals surface area (Å²) in [5.41, 5.74) is 4.74. The summed E-state index contributed by atoms with van der Waals surface area (Å²) < 4.78 is 28.1. The van der Waals surface area contributed by atoms with E-state index in [-0.39, 0.29) is 23.9 Å². The third-order valence-corrected chi connectivity index (χ3v) is 7.51. The van der Waals surface area contributed by atoms with Crippen LogP contribution in [0, 0.1) is 20.8 Å². The molecule has 3 aromatic rings. The number of benzene rings is 3. The Morgan fingerprint density at radius 2 is 1.59 bits per heavy atom. The highest BCUT2D eigenvalue weighted by Gasteiger charge is 2.28. The minimum Gasteiger partial charge on any atom is -0.314 e. The first-order chi connectivity index (χ1) is 15.1. The predicted octanol–water partition coefficient (Wildman–Crippen LogP) is 5.12. The quantitative estimate of drug-likeness (QED) is 0.481. The molecule has 3 rings (SSSR count). The number of hydrogen-bond donors (Lipinski definition) is 0. The first-order valence-corrected chi connectivity index (χ1v) is 12.0. The van der Waals surface area contributed by atoms with Crippen LogP contribution in [0.2, 0.25) is 5.02 Å². The van der Waals surface area contributed by atoms with Crippen LogP contribution in [0.25, 0.3) is 0 Å². The first kappa shape index (κ1) is 24.0. The lowest BCUT2D eigenvalue weighted by Gasteiger charge is -2.25. The van der Waals surface area contributed by atoms with Gasteiger partial charge in [-0.2, -0.15) is 4.31 Å². The fourth-order valence-electron chi connectivity index (χ4n) is 3.33. The van der Waals surface area contributed by atoms with Crippen LogP contribution in [-0.2, 0) is 21.4 Å². The molecule has 0 aliphatic rings. The Balaban J connectivity index is 1.93. The van der Waals surface area contributed by atoms with Gasteiger partial charge >= 0.3 is 0 Å². The summed E-state index contributed by atoms with van der Waals surface area (Å²) in [6.45, 7) is 5.72. The number of hydrogen-bond acceptors (Lipinski definition) is 3. The van der Waals surface area contributed by atoms with Crippen molar-refractivity contribution >= 4 is 33.2 Å². The molecule has 0 atom stereocenters. The van der Waals surface area contributed by atoms with Crippen LogP contribution >= 0.6 is 11.6 Å². The van der Waals surface area contributed by atoms with Crippen molar-refractivity contribution in [2.75, 3.05) is 18.5 Å². The molecule has 0 bridgehead atoms. The maximum absolute atomic E-state index is 13.4. The fourth-order valence-corrected chi connectivity index (χ4v) is 4.83. The van der Waals surface area contributed by atoms with Gasteiger partial charge in [-0.1, -0.05) is 47.5 Å².